The fraction of sp³-hybridized carbons (Fsp3) is 0.692. The third-order valence-corrected chi connectivity index (χ3v) is 5.14. The van der Waals surface area contributed by atoms with Crippen LogP contribution in [0, 0.1) is 0 Å². The van der Waals surface area contributed by atoms with E-state index in [2.05, 4.69) is 10.4 Å². The summed E-state index contributed by atoms with van der Waals surface area (Å²) in [6, 6.07) is -0.508. The van der Waals surface area contributed by atoms with E-state index in [1.165, 1.54) is 11.2 Å². The molecule has 2 heterocycles. The number of halogens is 3. The number of piperidine rings is 1. The maximum absolute atomic E-state index is 12.6. The van der Waals surface area contributed by atoms with Crippen molar-refractivity contribution in [3.05, 3.63) is 18.0 Å². The van der Waals surface area contributed by atoms with Crippen LogP contribution in [-0.4, -0.2) is 53.8 Å². The van der Waals surface area contributed by atoms with E-state index in [-0.39, 0.29) is 12.6 Å². The van der Waals surface area contributed by atoms with Crippen LogP contribution in [-0.2, 0) is 21.0 Å². The molecule has 1 fully saturated rings. The lowest BCUT2D eigenvalue weighted by molar-refractivity contribution is -0.142. The van der Waals surface area contributed by atoms with Crippen LogP contribution in [0.25, 0.3) is 0 Å². The molecule has 1 aromatic rings. The third-order valence-electron chi connectivity index (χ3n) is 3.87. The summed E-state index contributed by atoms with van der Waals surface area (Å²) in [5, 5.41) is 6.05. The molecule has 0 aliphatic carbocycles. The van der Waals surface area contributed by atoms with Gasteiger partial charge in [0.2, 0.25) is 15.9 Å². The number of carbonyl (C=O) groups is 1. The lowest BCUT2D eigenvalue weighted by atomic mass is 10.1. The summed E-state index contributed by atoms with van der Waals surface area (Å²) in [5.41, 5.74) is -1.07. The first-order chi connectivity index (χ1) is 11.0. The molecule has 0 radical (unpaired) electrons. The van der Waals surface area contributed by atoms with E-state index in [0.717, 1.165) is 23.2 Å². The van der Waals surface area contributed by atoms with E-state index >= 15 is 0 Å². The van der Waals surface area contributed by atoms with Gasteiger partial charge in [-0.15, -0.1) is 0 Å². The molecule has 2 atom stereocenters. The zero-order valence-corrected chi connectivity index (χ0v) is 14.1. The van der Waals surface area contributed by atoms with Gasteiger partial charge >= 0.3 is 6.18 Å². The van der Waals surface area contributed by atoms with Gasteiger partial charge in [-0.05, 0) is 25.8 Å². The molecule has 24 heavy (non-hydrogen) atoms. The molecule has 1 aliphatic heterocycles. The molecule has 0 bridgehead atoms. The standard InChI is InChI=1S/C13H19F3N4O3S/c1-9(20-7-5-11(18-20)13(14,15)16)12(21)17-10-4-3-6-19(8-10)24(2,22)23/h5,7,9-10H,3-4,6,8H2,1-2H3,(H,17,21). The molecule has 2 rings (SSSR count). The summed E-state index contributed by atoms with van der Waals surface area (Å²) in [6.07, 6.45) is -1.16. The topological polar surface area (TPSA) is 84.3 Å². The smallest absolute Gasteiger partial charge is 0.350 e. The van der Waals surface area contributed by atoms with E-state index in [1.54, 1.807) is 0 Å². The fourth-order valence-corrected chi connectivity index (χ4v) is 3.42. The van der Waals surface area contributed by atoms with Crippen molar-refractivity contribution in [1.29, 1.82) is 0 Å². The molecule has 0 saturated carbocycles. The Balaban J connectivity index is 2.00. The minimum Gasteiger partial charge on any atom is -0.350 e. The van der Waals surface area contributed by atoms with E-state index in [9.17, 15) is 26.4 Å². The predicted molar refractivity (Wildman–Crippen MR) is 79.5 cm³/mol. The molecule has 1 saturated heterocycles. The highest BCUT2D eigenvalue weighted by molar-refractivity contribution is 7.88. The van der Waals surface area contributed by atoms with Crippen molar-refractivity contribution in [2.45, 2.75) is 38.0 Å². The molecular weight excluding hydrogens is 349 g/mol. The number of hydrogen-bond donors (Lipinski definition) is 1. The van der Waals surface area contributed by atoms with Crippen LogP contribution in [0.3, 0.4) is 0 Å². The summed E-state index contributed by atoms with van der Waals surface area (Å²) < 4.78 is 63.0. The van der Waals surface area contributed by atoms with E-state index in [4.69, 9.17) is 0 Å². The largest absolute Gasteiger partial charge is 0.435 e. The first-order valence-corrected chi connectivity index (χ1v) is 9.21. The molecular formula is C13H19F3N4O3S. The van der Waals surface area contributed by atoms with Crippen molar-refractivity contribution < 1.29 is 26.4 Å². The van der Waals surface area contributed by atoms with Gasteiger partial charge in [-0.1, -0.05) is 0 Å². The first kappa shape index (κ1) is 18.7. The molecule has 0 spiro atoms. The van der Waals surface area contributed by atoms with Gasteiger partial charge in [0.05, 0.1) is 6.26 Å². The van der Waals surface area contributed by atoms with Crippen molar-refractivity contribution in [1.82, 2.24) is 19.4 Å². The van der Waals surface area contributed by atoms with Crippen LogP contribution >= 0.6 is 0 Å². The Bertz CT molecular complexity index is 702. The molecule has 7 nitrogen and oxygen atoms in total. The van der Waals surface area contributed by atoms with Gasteiger partial charge in [-0.3, -0.25) is 9.48 Å². The SMILES string of the molecule is CC(C(=O)NC1CCCN(S(C)(=O)=O)C1)n1ccc(C(F)(F)F)n1. The number of alkyl halides is 3. The predicted octanol–water partition coefficient (Wildman–Crippen LogP) is 1.00. The molecule has 1 aromatic heterocycles. The number of rotatable bonds is 4. The van der Waals surface area contributed by atoms with Crippen molar-refractivity contribution in [2.75, 3.05) is 19.3 Å². The summed E-state index contributed by atoms with van der Waals surface area (Å²) in [5.74, 6) is -0.507. The minimum absolute atomic E-state index is 0.157. The Labute approximate surface area is 137 Å². The fourth-order valence-electron chi connectivity index (χ4n) is 2.51. The van der Waals surface area contributed by atoms with Crippen molar-refractivity contribution in [3.8, 4) is 0 Å². The van der Waals surface area contributed by atoms with Crippen LogP contribution < -0.4 is 5.32 Å². The van der Waals surface area contributed by atoms with Gasteiger partial charge in [0.15, 0.2) is 5.69 Å². The number of hydrogen-bond acceptors (Lipinski definition) is 4. The number of aromatic nitrogens is 2. The molecule has 1 amide bonds. The zero-order valence-electron chi connectivity index (χ0n) is 13.2. The average Bonchev–Trinajstić information content (AvgIpc) is 2.95. The van der Waals surface area contributed by atoms with Crippen LogP contribution in [0.1, 0.15) is 31.5 Å². The Hall–Kier alpha value is -1.62. The van der Waals surface area contributed by atoms with Gasteiger partial charge in [0.25, 0.3) is 0 Å². The minimum atomic E-state index is -4.57. The monoisotopic (exact) mass is 368 g/mol. The Morgan fingerprint density at radius 1 is 1.46 bits per heavy atom. The van der Waals surface area contributed by atoms with Gasteiger partial charge in [0.1, 0.15) is 6.04 Å². The van der Waals surface area contributed by atoms with Gasteiger partial charge < -0.3 is 5.32 Å². The molecule has 11 heteroatoms. The molecule has 136 valence electrons. The second-order valence-electron chi connectivity index (χ2n) is 5.82. The number of carbonyl (C=O) groups excluding carboxylic acids is 1. The lowest BCUT2D eigenvalue weighted by Gasteiger charge is -2.32. The van der Waals surface area contributed by atoms with E-state index in [0.29, 0.717) is 19.4 Å². The number of nitrogens with one attached hydrogen (secondary N) is 1. The lowest BCUT2D eigenvalue weighted by Crippen LogP contribution is -2.50. The van der Waals surface area contributed by atoms with Crippen LogP contribution in [0.15, 0.2) is 12.3 Å². The van der Waals surface area contributed by atoms with Crippen LogP contribution in [0.2, 0.25) is 0 Å². The van der Waals surface area contributed by atoms with Crippen LogP contribution in [0.4, 0.5) is 13.2 Å². The maximum atomic E-state index is 12.6. The molecule has 2 unspecified atom stereocenters. The second-order valence-corrected chi connectivity index (χ2v) is 7.81. The summed E-state index contributed by atoms with van der Waals surface area (Å²) in [6.45, 7) is 1.98. The Morgan fingerprint density at radius 3 is 2.67 bits per heavy atom. The van der Waals surface area contributed by atoms with Crippen molar-refractivity contribution in [2.24, 2.45) is 0 Å². The Morgan fingerprint density at radius 2 is 2.12 bits per heavy atom. The van der Waals surface area contributed by atoms with Gasteiger partial charge in [-0.2, -0.15) is 18.3 Å². The van der Waals surface area contributed by atoms with E-state index in [1.807, 2.05) is 0 Å². The van der Waals surface area contributed by atoms with E-state index < -0.39 is 33.8 Å². The van der Waals surface area contributed by atoms with Crippen molar-refractivity contribution in [3.63, 3.8) is 0 Å². The zero-order chi connectivity index (χ0) is 18.1. The summed E-state index contributed by atoms with van der Waals surface area (Å²) in [7, 11) is -3.34. The molecule has 1 aliphatic rings. The quantitative estimate of drug-likeness (QED) is 0.859. The highest BCUT2D eigenvalue weighted by Crippen LogP contribution is 2.27. The number of amides is 1. The molecule has 1 N–H and O–H groups in total. The number of sulfonamides is 1. The van der Waals surface area contributed by atoms with Gasteiger partial charge in [-0.25, -0.2) is 12.7 Å². The van der Waals surface area contributed by atoms with Crippen LogP contribution in [0.5, 0.6) is 0 Å². The average molecular weight is 368 g/mol. The van der Waals surface area contributed by atoms with Gasteiger partial charge in [0, 0.05) is 25.3 Å². The van der Waals surface area contributed by atoms with Crippen molar-refractivity contribution >= 4 is 15.9 Å². The highest BCUT2D eigenvalue weighted by atomic mass is 32.2. The maximum Gasteiger partial charge on any atom is 0.435 e. The second kappa shape index (κ2) is 6.71. The summed E-state index contributed by atoms with van der Waals surface area (Å²) >= 11 is 0. The Kier molecular flexibility index (Phi) is 5.23. The first-order valence-electron chi connectivity index (χ1n) is 7.36. The third kappa shape index (κ3) is 4.47. The number of nitrogens with zero attached hydrogens (tertiary/aromatic N) is 3. The summed E-state index contributed by atoms with van der Waals surface area (Å²) in [4.78, 5) is 12.2. The molecule has 0 aromatic carbocycles. The normalized spacial score (nSPS) is 21.5. The highest BCUT2D eigenvalue weighted by Gasteiger charge is 2.34.